The van der Waals surface area contributed by atoms with Crippen LogP contribution in [0.15, 0.2) is 6.07 Å². The summed E-state index contributed by atoms with van der Waals surface area (Å²) in [5.41, 5.74) is 2.04. The molecule has 1 rings (SSSR count). The molecule has 1 N–H and O–H groups in total. The lowest BCUT2D eigenvalue weighted by Crippen LogP contribution is -2.39. The average molecular weight is 253 g/mol. The number of rotatable bonds is 6. The first kappa shape index (κ1) is 14.7. The summed E-state index contributed by atoms with van der Waals surface area (Å²) in [6.07, 6.45) is 0.417. The maximum absolute atomic E-state index is 12.0. The number of aromatic nitrogens is 2. The molecule has 5 heteroatoms. The number of carbonyl (C=O) groups is 1. The van der Waals surface area contributed by atoms with E-state index in [1.54, 1.807) is 4.90 Å². The van der Waals surface area contributed by atoms with Gasteiger partial charge in [0.15, 0.2) is 0 Å². The molecule has 102 valence electrons. The topological polar surface area (TPSA) is 58.4 Å². The quantitative estimate of drug-likeness (QED) is 0.826. The van der Waals surface area contributed by atoms with Gasteiger partial charge in [0.2, 0.25) is 5.91 Å². The van der Waals surface area contributed by atoms with Gasteiger partial charge in [-0.15, -0.1) is 0 Å². The summed E-state index contributed by atoms with van der Waals surface area (Å²) < 4.78 is 1.85. The maximum atomic E-state index is 12.0. The van der Waals surface area contributed by atoms with Gasteiger partial charge in [-0.25, -0.2) is 0 Å². The Kier molecular flexibility index (Phi) is 5.34. The molecule has 0 saturated heterocycles. The Bertz CT molecular complexity index is 399. The van der Waals surface area contributed by atoms with Gasteiger partial charge in [0.05, 0.1) is 12.3 Å². The van der Waals surface area contributed by atoms with Gasteiger partial charge in [-0.1, -0.05) is 0 Å². The van der Waals surface area contributed by atoms with Crippen molar-refractivity contribution in [3.63, 3.8) is 0 Å². The first-order valence-corrected chi connectivity index (χ1v) is 6.37. The largest absolute Gasteiger partial charge is 0.395 e. The van der Waals surface area contributed by atoms with Gasteiger partial charge < -0.3 is 10.0 Å². The van der Waals surface area contributed by atoms with Gasteiger partial charge in [0, 0.05) is 31.2 Å². The SMILES string of the molecule is Cc1cc(C)n(CCC(=O)N(CCO)C(C)C)n1. The van der Waals surface area contributed by atoms with Gasteiger partial charge in [-0.05, 0) is 33.8 Å². The predicted octanol–water partition coefficient (Wildman–Crippen LogP) is 1.12. The van der Waals surface area contributed by atoms with Crippen LogP contribution in [0, 0.1) is 13.8 Å². The second kappa shape index (κ2) is 6.54. The molecule has 0 radical (unpaired) electrons. The van der Waals surface area contributed by atoms with Crippen molar-refractivity contribution in [2.45, 2.75) is 46.7 Å². The number of hydrogen-bond acceptors (Lipinski definition) is 3. The van der Waals surface area contributed by atoms with E-state index in [0.29, 0.717) is 19.5 Å². The predicted molar refractivity (Wildman–Crippen MR) is 70.3 cm³/mol. The van der Waals surface area contributed by atoms with Crippen molar-refractivity contribution in [1.29, 1.82) is 0 Å². The van der Waals surface area contributed by atoms with Crippen LogP contribution in [0.3, 0.4) is 0 Å². The fraction of sp³-hybridized carbons (Fsp3) is 0.692. The lowest BCUT2D eigenvalue weighted by molar-refractivity contribution is -0.133. The van der Waals surface area contributed by atoms with Crippen LogP contribution in [0.5, 0.6) is 0 Å². The summed E-state index contributed by atoms with van der Waals surface area (Å²) in [6, 6.07) is 2.11. The minimum absolute atomic E-state index is 0.00380. The number of hydrogen-bond donors (Lipinski definition) is 1. The first-order chi connectivity index (χ1) is 8.45. The van der Waals surface area contributed by atoms with E-state index in [0.717, 1.165) is 11.4 Å². The lowest BCUT2D eigenvalue weighted by atomic mass is 10.2. The first-order valence-electron chi connectivity index (χ1n) is 6.37. The molecule has 1 heterocycles. The summed E-state index contributed by atoms with van der Waals surface area (Å²) in [4.78, 5) is 13.7. The number of aliphatic hydroxyl groups is 1. The fourth-order valence-corrected chi connectivity index (χ4v) is 2.03. The Balaban J connectivity index is 2.56. The molecular weight excluding hydrogens is 230 g/mol. The zero-order valence-corrected chi connectivity index (χ0v) is 11.7. The van der Waals surface area contributed by atoms with Gasteiger partial charge >= 0.3 is 0 Å². The van der Waals surface area contributed by atoms with Gasteiger partial charge in [0.25, 0.3) is 0 Å². The number of carbonyl (C=O) groups excluding carboxylic acids is 1. The molecule has 0 saturated carbocycles. The molecule has 0 atom stereocenters. The van der Waals surface area contributed by atoms with Crippen molar-refractivity contribution < 1.29 is 9.90 Å². The highest BCUT2D eigenvalue weighted by atomic mass is 16.3. The Morgan fingerprint density at radius 1 is 1.50 bits per heavy atom. The van der Waals surface area contributed by atoms with E-state index in [1.807, 2.05) is 38.4 Å². The third kappa shape index (κ3) is 3.84. The molecule has 0 aliphatic heterocycles. The summed E-state index contributed by atoms with van der Waals surface area (Å²) in [7, 11) is 0. The van der Waals surface area contributed by atoms with Crippen molar-refractivity contribution in [3.8, 4) is 0 Å². The lowest BCUT2D eigenvalue weighted by Gasteiger charge is -2.26. The zero-order chi connectivity index (χ0) is 13.7. The molecule has 1 aromatic heterocycles. The van der Waals surface area contributed by atoms with Crippen LogP contribution in [-0.2, 0) is 11.3 Å². The highest BCUT2D eigenvalue weighted by Crippen LogP contribution is 2.06. The molecule has 0 unspecified atom stereocenters. The highest BCUT2D eigenvalue weighted by Gasteiger charge is 2.16. The molecular formula is C13H23N3O2. The van der Waals surface area contributed by atoms with E-state index >= 15 is 0 Å². The minimum atomic E-state index is 0.00380. The second-order valence-corrected chi connectivity index (χ2v) is 4.80. The van der Waals surface area contributed by atoms with E-state index in [9.17, 15) is 4.79 Å². The van der Waals surface area contributed by atoms with Crippen LogP contribution in [-0.4, -0.2) is 44.9 Å². The smallest absolute Gasteiger partial charge is 0.224 e. The van der Waals surface area contributed by atoms with Crippen molar-refractivity contribution in [2.75, 3.05) is 13.2 Å². The Hall–Kier alpha value is -1.36. The second-order valence-electron chi connectivity index (χ2n) is 4.80. The summed E-state index contributed by atoms with van der Waals surface area (Å²) in [5.74, 6) is 0.0617. The van der Waals surface area contributed by atoms with Crippen LogP contribution in [0.4, 0.5) is 0 Å². The van der Waals surface area contributed by atoms with Crippen LogP contribution >= 0.6 is 0 Å². The van der Waals surface area contributed by atoms with Crippen molar-refractivity contribution in [3.05, 3.63) is 17.5 Å². The van der Waals surface area contributed by atoms with Gasteiger partial charge in [0.1, 0.15) is 0 Å². The molecule has 0 aromatic carbocycles. The number of aliphatic hydroxyl groups excluding tert-OH is 1. The monoisotopic (exact) mass is 253 g/mol. The van der Waals surface area contributed by atoms with Gasteiger partial charge in [-0.3, -0.25) is 9.48 Å². The molecule has 0 fully saturated rings. The van der Waals surface area contributed by atoms with E-state index in [1.165, 1.54) is 0 Å². The van der Waals surface area contributed by atoms with Crippen molar-refractivity contribution in [2.24, 2.45) is 0 Å². The van der Waals surface area contributed by atoms with Crippen LogP contribution < -0.4 is 0 Å². The molecule has 0 bridgehead atoms. The Morgan fingerprint density at radius 2 is 2.17 bits per heavy atom. The molecule has 0 aliphatic rings. The van der Waals surface area contributed by atoms with Crippen LogP contribution in [0.25, 0.3) is 0 Å². The standard InChI is InChI=1S/C13H23N3O2/c1-10(2)15(7-8-17)13(18)5-6-16-12(4)9-11(3)14-16/h9-10,17H,5-8H2,1-4H3. The van der Waals surface area contributed by atoms with Crippen molar-refractivity contribution >= 4 is 5.91 Å². The number of amides is 1. The van der Waals surface area contributed by atoms with E-state index in [4.69, 9.17) is 5.11 Å². The van der Waals surface area contributed by atoms with Crippen LogP contribution in [0.2, 0.25) is 0 Å². The Morgan fingerprint density at radius 3 is 2.61 bits per heavy atom. The molecule has 0 aliphatic carbocycles. The molecule has 5 nitrogen and oxygen atoms in total. The normalized spacial score (nSPS) is 11.0. The molecule has 18 heavy (non-hydrogen) atoms. The van der Waals surface area contributed by atoms with E-state index in [2.05, 4.69) is 5.10 Å². The zero-order valence-electron chi connectivity index (χ0n) is 11.7. The van der Waals surface area contributed by atoms with Crippen molar-refractivity contribution in [1.82, 2.24) is 14.7 Å². The molecule has 1 amide bonds. The highest BCUT2D eigenvalue weighted by molar-refractivity contribution is 5.76. The number of aryl methyl sites for hydroxylation is 3. The fourth-order valence-electron chi connectivity index (χ4n) is 2.03. The number of nitrogens with zero attached hydrogens (tertiary/aromatic N) is 3. The maximum Gasteiger partial charge on any atom is 0.224 e. The summed E-state index contributed by atoms with van der Waals surface area (Å²) in [5, 5.41) is 13.3. The molecule has 1 aromatic rings. The van der Waals surface area contributed by atoms with E-state index < -0.39 is 0 Å². The van der Waals surface area contributed by atoms with E-state index in [-0.39, 0.29) is 18.6 Å². The third-order valence-electron chi connectivity index (χ3n) is 2.93. The van der Waals surface area contributed by atoms with Crippen LogP contribution in [0.1, 0.15) is 31.7 Å². The Labute approximate surface area is 108 Å². The van der Waals surface area contributed by atoms with Gasteiger partial charge in [-0.2, -0.15) is 5.10 Å². The molecule has 0 spiro atoms. The summed E-state index contributed by atoms with van der Waals surface area (Å²) in [6.45, 7) is 8.83. The summed E-state index contributed by atoms with van der Waals surface area (Å²) >= 11 is 0. The minimum Gasteiger partial charge on any atom is -0.395 e. The average Bonchev–Trinajstić information content (AvgIpc) is 2.61. The third-order valence-corrected chi connectivity index (χ3v) is 2.93.